The molecule has 3 rings (SSSR count). The number of aryl methyl sites for hydroxylation is 1. The first-order chi connectivity index (χ1) is 12.9. The highest BCUT2D eigenvalue weighted by atomic mass is 32.2. The van der Waals surface area contributed by atoms with Gasteiger partial charge in [-0.15, -0.1) is 0 Å². The molecular formula is C22H25NO3S. The van der Waals surface area contributed by atoms with Gasteiger partial charge in [-0.3, -0.25) is 4.79 Å². The molecule has 0 spiro atoms. The van der Waals surface area contributed by atoms with E-state index in [1.165, 1.54) is 0 Å². The number of sulfone groups is 1. The summed E-state index contributed by atoms with van der Waals surface area (Å²) >= 11 is 0. The Morgan fingerprint density at radius 2 is 1.63 bits per heavy atom. The van der Waals surface area contributed by atoms with Gasteiger partial charge in [0.25, 0.3) is 0 Å². The quantitative estimate of drug-likeness (QED) is 0.428. The van der Waals surface area contributed by atoms with Gasteiger partial charge in [-0.05, 0) is 25.8 Å². The molecule has 0 bridgehead atoms. The summed E-state index contributed by atoms with van der Waals surface area (Å²) in [7, 11) is -2.93. The highest BCUT2D eigenvalue weighted by Gasteiger charge is 2.20. The van der Waals surface area contributed by atoms with Crippen LogP contribution in [0.15, 0.2) is 54.6 Å². The average molecular weight is 384 g/mol. The smallest absolute Gasteiger partial charge is 0.195 e. The van der Waals surface area contributed by atoms with Crippen LogP contribution in [0.3, 0.4) is 0 Å². The number of nitrogens with zero attached hydrogens (tertiary/aromatic N) is 1. The fourth-order valence-electron chi connectivity index (χ4n) is 3.48. The maximum absolute atomic E-state index is 13.1. The molecule has 1 heterocycles. The zero-order valence-corrected chi connectivity index (χ0v) is 16.6. The lowest BCUT2D eigenvalue weighted by atomic mass is 10.0. The normalized spacial score (nSPS) is 11.8. The summed E-state index contributed by atoms with van der Waals surface area (Å²) in [6, 6.07) is 17.2. The Morgan fingerprint density at radius 1 is 0.963 bits per heavy atom. The summed E-state index contributed by atoms with van der Waals surface area (Å²) in [6.07, 6.45) is 1.39. The number of carbonyl (C=O) groups excluding carboxylic acids is 1. The number of hydrogen-bond acceptors (Lipinski definition) is 3. The van der Waals surface area contributed by atoms with E-state index in [1.54, 1.807) is 6.92 Å². The van der Waals surface area contributed by atoms with Crippen molar-refractivity contribution in [1.82, 2.24) is 4.57 Å². The van der Waals surface area contributed by atoms with Gasteiger partial charge >= 0.3 is 0 Å². The van der Waals surface area contributed by atoms with E-state index in [9.17, 15) is 13.2 Å². The number of fused-ring (bicyclic) bond motifs is 1. The molecule has 5 heteroatoms. The van der Waals surface area contributed by atoms with Crippen molar-refractivity contribution in [2.45, 2.75) is 33.2 Å². The van der Waals surface area contributed by atoms with E-state index in [0.717, 1.165) is 28.6 Å². The van der Waals surface area contributed by atoms with E-state index in [-0.39, 0.29) is 17.3 Å². The first kappa shape index (κ1) is 19.4. The van der Waals surface area contributed by atoms with Crippen LogP contribution >= 0.6 is 0 Å². The van der Waals surface area contributed by atoms with Crippen molar-refractivity contribution in [2.75, 3.05) is 11.5 Å². The second-order valence-electron chi connectivity index (χ2n) is 6.77. The minimum Gasteiger partial charge on any atom is -0.344 e. The van der Waals surface area contributed by atoms with Crippen LogP contribution in [0.4, 0.5) is 0 Å². The Morgan fingerprint density at radius 3 is 2.33 bits per heavy atom. The fraction of sp³-hybridized carbons (Fsp3) is 0.318. The molecule has 0 aliphatic carbocycles. The van der Waals surface area contributed by atoms with Crippen LogP contribution in [0.1, 0.15) is 41.4 Å². The van der Waals surface area contributed by atoms with Gasteiger partial charge in [-0.25, -0.2) is 8.42 Å². The summed E-state index contributed by atoms with van der Waals surface area (Å²) in [5.74, 6) is 0.433. The summed E-state index contributed by atoms with van der Waals surface area (Å²) in [5.41, 5.74) is 3.37. The molecule has 4 nitrogen and oxygen atoms in total. The Balaban J connectivity index is 1.91. The molecule has 142 valence electrons. The third kappa shape index (κ3) is 4.14. The molecule has 0 amide bonds. The van der Waals surface area contributed by atoms with Crippen LogP contribution in [-0.4, -0.2) is 30.3 Å². The van der Waals surface area contributed by atoms with Crippen molar-refractivity contribution in [3.63, 3.8) is 0 Å². The van der Waals surface area contributed by atoms with E-state index in [4.69, 9.17) is 0 Å². The van der Waals surface area contributed by atoms with Gasteiger partial charge < -0.3 is 4.57 Å². The summed E-state index contributed by atoms with van der Waals surface area (Å²) in [5, 5.41) is 0.949. The van der Waals surface area contributed by atoms with Crippen LogP contribution in [0.5, 0.6) is 0 Å². The van der Waals surface area contributed by atoms with Gasteiger partial charge in [0, 0.05) is 34.5 Å². The number of ketones is 1. The predicted molar refractivity (Wildman–Crippen MR) is 110 cm³/mol. The first-order valence-corrected chi connectivity index (χ1v) is 11.1. The molecule has 0 fully saturated rings. The highest BCUT2D eigenvalue weighted by Crippen LogP contribution is 2.28. The number of carbonyl (C=O) groups is 1. The van der Waals surface area contributed by atoms with E-state index in [2.05, 4.69) is 4.57 Å². The maximum Gasteiger partial charge on any atom is 0.195 e. The molecule has 1 aromatic heterocycles. The molecule has 0 saturated carbocycles. The molecule has 0 aliphatic heterocycles. The molecular weight excluding hydrogens is 358 g/mol. The first-order valence-electron chi connectivity index (χ1n) is 9.32. The number of rotatable bonds is 8. The number of unbranched alkanes of at least 4 members (excludes halogenated alkanes) is 1. The standard InChI is InChI=1S/C22H25NO3S/c1-3-27(25,26)16-10-9-15-23-17(2)21(19-13-7-8-14-20(19)23)22(24)18-11-5-4-6-12-18/h4-8,11-14H,3,9-10,15-16H2,1-2H3. The van der Waals surface area contributed by atoms with Crippen molar-refractivity contribution >= 4 is 26.5 Å². The van der Waals surface area contributed by atoms with E-state index < -0.39 is 9.84 Å². The van der Waals surface area contributed by atoms with Gasteiger partial charge in [0.2, 0.25) is 0 Å². The topological polar surface area (TPSA) is 56.1 Å². The molecule has 0 radical (unpaired) electrons. The largest absolute Gasteiger partial charge is 0.344 e. The molecule has 0 unspecified atom stereocenters. The maximum atomic E-state index is 13.1. The van der Waals surface area contributed by atoms with Crippen LogP contribution in [0, 0.1) is 6.92 Å². The van der Waals surface area contributed by atoms with Crippen LogP contribution in [-0.2, 0) is 16.4 Å². The monoisotopic (exact) mass is 383 g/mol. The van der Waals surface area contributed by atoms with E-state index >= 15 is 0 Å². The van der Waals surface area contributed by atoms with Crippen LogP contribution < -0.4 is 0 Å². The summed E-state index contributed by atoms with van der Waals surface area (Å²) in [4.78, 5) is 13.1. The lowest BCUT2D eigenvalue weighted by Crippen LogP contribution is -2.10. The van der Waals surface area contributed by atoms with Crippen molar-refractivity contribution < 1.29 is 13.2 Å². The fourth-order valence-corrected chi connectivity index (χ4v) is 4.41. The van der Waals surface area contributed by atoms with Crippen molar-refractivity contribution in [1.29, 1.82) is 0 Å². The second kappa shape index (κ2) is 8.09. The van der Waals surface area contributed by atoms with Gasteiger partial charge in [0.1, 0.15) is 9.84 Å². The third-order valence-corrected chi connectivity index (χ3v) is 6.81. The van der Waals surface area contributed by atoms with Crippen LogP contribution in [0.2, 0.25) is 0 Å². The minimum atomic E-state index is -2.93. The Bertz CT molecular complexity index is 1050. The summed E-state index contributed by atoms with van der Waals surface area (Å²) < 4.78 is 25.5. The Hall–Kier alpha value is -2.40. The average Bonchev–Trinajstić information content (AvgIpc) is 2.97. The number of hydrogen-bond donors (Lipinski definition) is 0. The van der Waals surface area contributed by atoms with Crippen molar-refractivity contribution in [3.05, 3.63) is 71.4 Å². The zero-order valence-electron chi connectivity index (χ0n) is 15.8. The molecule has 0 saturated heterocycles. The van der Waals surface area contributed by atoms with Crippen molar-refractivity contribution in [3.8, 4) is 0 Å². The molecule has 27 heavy (non-hydrogen) atoms. The minimum absolute atomic E-state index is 0.0246. The third-order valence-electron chi connectivity index (χ3n) is 5.02. The van der Waals surface area contributed by atoms with Crippen molar-refractivity contribution in [2.24, 2.45) is 0 Å². The number of aromatic nitrogens is 1. The highest BCUT2D eigenvalue weighted by molar-refractivity contribution is 7.91. The summed E-state index contributed by atoms with van der Waals surface area (Å²) in [6.45, 7) is 4.35. The Kier molecular flexibility index (Phi) is 5.80. The second-order valence-corrected chi connectivity index (χ2v) is 9.24. The van der Waals surface area contributed by atoms with E-state index in [0.29, 0.717) is 18.5 Å². The van der Waals surface area contributed by atoms with Gasteiger partial charge in [0.15, 0.2) is 5.78 Å². The SMILES string of the molecule is CCS(=O)(=O)CCCCn1c(C)c(C(=O)c2ccccc2)c2ccccc21. The Labute approximate surface area is 160 Å². The molecule has 2 aromatic carbocycles. The van der Waals surface area contributed by atoms with Gasteiger partial charge in [-0.1, -0.05) is 55.5 Å². The zero-order chi connectivity index (χ0) is 19.4. The van der Waals surface area contributed by atoms with Crippen LogP contribution in [0.25, 0.3) is 10.9 Å². The lowest BCUT2D eigenvalue weighted by molar-refractivity contribution is 0.103. The van der Waals surface area contributed by atoms with Gasteiger partial charge in [0.05, 0.1) is 11.3 Å². The molecule has 0 N–H and O–H groups in total. The number of benzene rings is 2. The molecule has 0 aliphatic rings. The number of para-hydroxylation sites is 1. The van der Waals surface area contributed by atoms with E-state index in [1.807, 2.05) is 61.5 Å². The molecule has 0 atom stereocenters. The molecule has 3 aromatic rings. The van der Waals surface area contributed by atoms with Gasteiger partial charge in [-0.2, -0.15) is 0 Å². The lowest BCUT2D eigenvalue weighted by Gasteiger charge is -2.09. The predicted octanol–water partition coefficient (Wildman–Crippen LogP) is 4.40.